The number of likely N-dealkylation sites (tertiary alicyclic amines) is 1. The minimum Gasteiger partial charge on any atom is -0.342 e. The first-order valence-corrected chi connectivity index (χ1v) is 12.9. The standard InChI is InChI=1S/C25H26F2N10O4/c1-12(38)8-36-22(40)18-20(34(3)24(36)41)31-11-37(18)13(2)21(39)33-17-4-5-28-19(32-17)14-6-29-23(30-7-14)35-9-15-16(10-35)25(15,26)27/h4-6,11,13,15-16H,7-10H2,1-3H3,(H,29,30)(H,28,32,33,39)/t13-,15?,16?/m0/s1. The molecule has 41 heavy (non-hydrogen) atoms. The van der Waals surface area contributed by atoms with Gasteiger partial charge in [0.25, 0.3) is 11.5 Å². The number of carbonyl (C=O) groups is 2. The second kappa shape index (κ2) is 9.42. The van der Waals surface area contributed by atoms with Gasteiger partial charge in [-0.15, -0.1) is 0 Å². The molecule has 0 aromatic carbocycles. The molecule has 214 valence electrons. The lowest BCUT2D eigenvalue weighted by molar-refractivity contribution is -0.119. The maximum atomic E-state index is 13.5. The molecule has 5 heterocycles. The third-order valence-corrected chi connectivity index (χ3v) is 7.70. The van der Waals surface area contributed by atoms with Crippen LogP contribution in [0.15, 0.2) is 39.4 Å². The number of aryl methyl sites for hydroxylation is 1. The highest BCUT2D eigenvalue weighted by molar-refractivity contribution is 5.94. The number of aliphatic imine (C=N–C) groups is 1. The zero-order chi connectivity index (χ0) is 29.2. The lowest BCUT2D eigenvalue weighted by Crippen LogP contribution is -2.42. The number of rotatable bonds is 6. The summed E-state index contributed by atoms with van der Waals surface area (Å²) in [7, 11) is 1.43. The summed E-state index contributed by atoms with van der Waals surface area (Å²) in [6.07, 6.45) is 4.43. The number of hydrogen-bond donors (Lipinski definition) is 2. The second-order valence-electron chi connectivity index (χ2n) is 10.4. The molecule has 2 unspecified atom stereocenters. The van der Waals surface area contributed by atoms with Crippen molar-refractivity contribution in [1.29, 1.82) is 0 Å². The van der Waals surface area contributed by atoms with Crippen LogP contribution >= 0.6 is 0 Å². The molecule has 6 rings (SSSR count). The lowest BCUT2D eigenvalue weighted by atomic mass is 10.2. The maximum absolute atomic E-state index is 13.5. The monoisotopic (exact) mass is 568 g/mol. The number of hydrogen-bond acceptors (Lipinski definition) is 10. The van der Waals surface area contributed by atoms with Crippen molar-refractivity contribution >= 4 is 40.2 Å². The predicted octanol–water partition coefficient (Wildman–Crippen LogP) is -0.0276. The van der Waals surface area contributed by atoms with E-state index in [2.05, 4.69) is 30.6 Å². The molecule has 0 radical (unpaired) electrons. The van der Waals surface area contributed by atoms with Gasteiger partial charge in [-0.05, 0) is 19.9 Å². The van der Waals surface area contributed by atoms with E-state index in [9.17, 15) is 28.0 Å². The molecule has 1 aliphatic carbocycles. The Morgan fingerprint density at radius 1 is 1.22 bits per heavy atom. The number of ketones is 1. The summed E-state index contributed by atoms with van der Waals surface area (Å²) in [5.41, 5.74) is -0.683. The number of piperidine rings is 1. The number of alkyl halides is 2. The molecule has 2 N–H and O–H groups in total. The molecule has 0 spiro atoms. The number of aromatic nitrogens is 6. The largest absolute Gasteiger partial charge is 0.342 e. The number of nitrogens with zero attached hydrogens (tertiary/aromatic N) is 8. The molecule has 1 saturated carbocycles. The normalized spacial score (nSPS) is 21.5. The first kappa shape index (κ1) is 26.5. The Labute approximate surface area is 230 Å². The van der Waals surface area contributed by atoms with Gasteiger partial charge < -0.3 is 20.1 Å². The van der Waals surface area contributed by atoms with Gasteiger partial charge in [0.1, 0.15) is 17.6 Å². The molecule has 3 atom stereocenters. The van der Waals surface area contributed by atoms with Crippen molar-refractivity contribution in [3.8, 4) is 0 Å². The highest BCUT2D eigenvalue weighted by Gasteiger charge is 2.72. The third kappa shape index (κ3) is 4.38. The molecule has 3 aromatic rings. The summed E-state index contributed by atoms with van der Waals surface area (Å²) >= 11 is 0. The SMILES string of the molecule is CC(=O)Cn1c(=O)c2c(ncn2[C@@H](C)C(=O)Nc2ccnc(C3=CNC(N4CC5C(C4)C5(F)F)=NC3)n2)n(C)c1=O. The van der Waals surface area contributed by atoms with Crippen molar-refractivity contribution in [3.05, 3.63) is 51.5 Å². The van der Waals surface area contributed by atoms with Crippen LogP contribution in [0, 0.1) is 11.8 Å². The van der Waals surface area contributed by atoms with E-state index in [0.717, 1.165) is 9.13 Å². The number of anilines is 1. The van der Waals surface area contributed by atoms with E-state index in [1.807, 2.05) is 4.90 Å². The number of fused-ring (bicyclic) bond motifs is 2. The van der Waals surface area contributed by atoms with Crippen molar-refractivity contribution in [2.75, 3.05) is 25.0 Å². The predicted molar refractivity (Wildman–Crippen MR) is 142 cm³/mol. The van der Waals surface area contributed by atoms with Crippen molar-refractivity contribution in [2.24, 2.45) is 23.9 Å². The molecule has 1 saturated heterocycles. The van der Waals surface area contributed by atoms with Crippen LogP contribution < -0.4 is 21.9 Å². The number of halogens is 2. The van der Waals surface area contributed by atoms with Crippen LogP contribution in [-0.2, 0) is 23.2 Å². The van der Waals surface area contributed by atoms with Gasteiger partial charge in [0.05, 0.1) is 31.3 Å². The first-order valence-electron chi connectivity index (χ1n) is 12.9. The topological polar surface area (TPSA) is 161 Å². The molecule has 2 fully saturated rings. The molecule has 16 heteroatoms. The van der Waals surface area contributed by atoms with Crippen LogP contribution in [-0.4, -0.2) is 76.8 Å². The molecular weight excluding hydrogens is 542 g/mol. The molecule has 2 aliphatic heterocycles. The Bertz CT molecular complexity index is 1770. The Hall–Kier alpha value is -4.76. The number of amides is 1. The molecule has 3 aromatic heterocycles. The van der Waals surface area contributed by atoms with Gasteiger partial charge in [-0.25, -0.2) is 33.5 Å². The maximum Gasteiger partial charge on any atom is 0.332 e. The van der Waals surface area contributed by atoms with Crippen molar-refractivity contribution in [3.63, 3.8) is 0 Å². The van der Waals surface area contributed by atoms with Crippen LogP contribution in [0.4, 0.5) is 14.6 Å². The van der Waals surface area contributed by atoms with Gasteiger partial charge in [0.15, 0.2) is 22.9 Å². The quantitative estimate of drug-likeness (QED) is 0.416. The zero-order valence-electron chi connectivity index (χ0n) is 22.3. The number of carbonyl (C=O) groups excluding carboxylic acids is 2. The van der Waals surface area contributed by atoms with E-state index in [1.54, 1.807) is 13.1 Å². The minimum absolute atomic E-state index is 0.00509. The average molecular weight is 569 g/mol. The van der Waals surface area contributed by atoms with Crippen molar-refractivity contribution in [2.45, 2.75) is 32.4 Å². The van der Waals surface area contributed by atoms with E-state index >= 15 is 0 Å². The summed E-state index contributed by atoms with van der Waals surface area (Å²) < 4.78 is 30.3. The van der Waals surface area contributed by atoms with Crippen molar-refractivity contribution in [1.82, 2.24) is 38.9 Å². The summed E-state index contributed by atoms with van der Waals surface area (Å²) in [5, 5.41) is 5.74. The van der Waals surface area contributed by atoms with Crippen LogP contribution in [0.2, 0.25) is 0 Å². The Kier molecular flexibility index (Phi) is 6.08. The highest BCUT2D eigenvalue weighted by atomic mass is 19.3. The summed E-state index contributed by atoms with van der Waals surface area (Å²) in [6, 6.07) is 0.572. The summed E-state index contributed by atoms with van der Waals surface area (Å²) in [5.74, 6) is -3.63. The van der Waals surface area contributed by atoms with E-state index in [4.69, 9.17) is 0 Å². The molecule has 14 nitrogen and oxygen atoms in total. The third-order valence-electron chi connectivity index (χ3n) is 7.70. The lowest BCUT2D eigenvalue weighted by Gasteiger charge is -2.25. The summed E-state index contributed by atoms with van der Waals surface area (Å²) in [4.78, 5) is 69.6. The number of Topliss-reactive ketones (excluding diaryl/α,β-unsaturated/α-hetero) is 1. The van der Waals surface area contributed by atoms with E-state index in [-0.39, 0.29) is 42.4 Å². The Morgan fingerprint density at radius 2 is 1.95 bits per heavy atom. The van der Waals surface area contributed by atoms with Gasteiger partial charge in [0.2, 0.25) is 5.91 Å². The first-order chi connectivity index (χ1) is 19.5. The molecule has 0 bridgehead atoms. The van der Waals surface area contributed by atoms with Gasteiger partial charge in [-0.1, -0.05) is 0 Å². The van der Waals surface area contributed by atoms with Crippen LogP contribution in [0.3, 0.4) is 0 Å². The van der Waals surface area contributed by atoms with Crippen LogP contribution in [0.25, 0.3) is 16.7 Å². The van der Waals surface area contributed by atoms with E-state index in [1.165, 1.54) is 37.1 Å². The zero-order valence-corrected chi connectivity index (χ0v) is 22.3. The molecule has 1 amide bonds. The fourth-order valence-electron chi connectivity index (χ4n) is 5.30. The van der Waals surface area contributed by atoms with Gasteiger partial charge in [-0.2, -0.15) is 0 Å². The summed E-state index contributed by atoms with van der Waals surface area (Å²) in [6.45, 7) is 3.17. The Balaban J connectivity index is 1.17. The number of guanidine groups is 1. The molecular formula is C25H26F2N10O4. The van der Waals surface area contributed by atoms with Crippen LogP contribution in [0.5, 0.6) is 0 Å². The van der Waals surface area contributed by atoms with E-state index < -0.39 is 47.5 Å². The van der Waals surface area contributed by atoms with E-state index in [0.29, 0.717) is 17.4 Å². The molecule has 3 aliphatic rings. The number of imidazole rings is 1. The van der Waals surface area contributed by atoms with Gasteiger partial charge in [-0.3, -0.25) is 23.5 Å². The van der Waals surface area contributed by atoms with Crippen LogP contribution in [0.1, 0.15) is 25.7 Å². The Morgan fingerprint density at radius 3 is 2.61 bits per heavy atom. The number of nitrogens with one attached hydrogen (secondary N) is 2. The fraction of sp³-hybridized carbons (Fsp3) is 0.440. The van der Waals surface area contributed by atoms with Gasteiger partial charge in [0, 0.05) is 38.1 Å². The minimum atomic E-state index is -2.57. The van der Waals surface area contributed by atoms with Gasteiger partial charge >= 0.3 is 5.69 Å². The smallest absolute Gasteiger partial charge is 0.332 e. The highest BCUT2D eigenvalue weighted by Crippen LogP contribution is 2.59. The average Bonchev–Trinajstić information content (AvgIpc) is 3.38. The second-order valence-corrected chi connectivity index (χ2v) is 10.4. The van der Waals surface area contributed by atoms with Crippen molar-refractivity contribution < 1.29 is 18.4 Å². The fourth-order valence-corrected chi connectivity index (χ4v) is 5.30.